The number of benzene rings is 2. The van der Waals surface area contributed by atoms with E-state index in [1.165, 1.54) is 12.1 Å². The zero-order valence-corrected chi connectivity index (χ0v) is 11.1. The first-order chi connectivity index (χ1) is 9.40. The van der Waals surface area contributed by atoms with E-state index in [4.69, 9.17) is 5.73 Å². The van der Waals surface area contributed by atoms with Crippen molar-refractivity contribution in [1.29, 1.82) is 0 Å². The van der Waals surface area contributed by atoms with Crippen molar-refractivity contribution in [2.45, 2.75) is 13.8 Å². The summed E-state index contributed by atoms with van der Waals surface area (Å²) in [6.07, 6.45) is 0. The largest absolute Gasteiger partial charge is 0.399 e. The number of nitrogens with two attached hydrogens (primary N) is 1. The first kappa shape index (κ1) is 14.0. The number of carbonyl (C=O) groups excluding carboxylic acids is 1. The SMILES string of the molecule is Cc1cc(N)cc(C)c1NC(=O)c1cccc(F)c1F. The van der Waals surface area contributed by atoms with Crippen LogP contribution < -0.4 is 11.1 Å². The number of carbonyl (C=O) groups is 1. The Balaban J connectivity index is 2.36. The van der Waals surface area contributed by atoms with E-state index in [0.717, 1.165) is 17.2 Å². The van der Waals surface area contributed by atoms with E-state index in [-0.39, 0.29) is 5.56 Å². The lowest BCUT2D eigenvalue weighted by Crippen LogP contribution is -2.16. The Bertz CT molecular complexity index is 661. The van der Waals surface area contributed by atoms with Gasteiger partial charge in [0.15, 0.2) is 11.6 Å². The highest BCUT2D eigenvalue weighted by Crippen LogP contribution is 2.24. The van der Waals surface area contributed by atoms with Crippen LogP contribution >= 0.6 is 0 Å². The molecule has 0 aliphatic rings. The third kappa shape index (κ3) is 2.61. The number of halogens is 2. The summed E-state index contributed by atoms with van der Waals surface area (Å²) in [4.78, 5) is 12.0. The smallest absolute Gasteiger partial charge is 0.258 e. The van der Waals surface area contributed by atoms with Crippen molar-refractivity contribution in [1.82, 2.24) is 0 Å². The topological polar surface area (TPSA) is 55.1 Å². The molecule has 0 radical (unpaired) electrons. The van der Waals surface area contributed by atoms with Gasteiger partial charge in [-0.1, -0.05) is 6.07 Å². The molecule has 3 N–H and O–H groups in total. The molecule has 1 amide bonds. The Morgan fingerprint density at radius 3 is 2.35 bits per heavy atom. The number of nitrogen functional groups attached to an aromatic ring is 1. The fourth-order valence-electron chi connectivity index (χ4n) is 2.05. The van der Waals surface area contributed by atoms with Gasteiger partial charge in [0.25, 0.3) is 5.91 Å². The zero-order valence-electron chi connectivity index (χ0n) is 11.1. The number of rotatable bonds is 2. The molecular formula is C15H14F2N2O. The van der Waals surface area contributed by atoms with Gasteiger partial charge in [0, 0.05) is 11.4 Å². The second-order valence-electron chi connectivity index (χ2n) is 4.59. The standard InChI is InChI=1S/C15H14F2N2O/c1-8-6-10(18)7-9(2)14(8)19-15(20)11-4-3-5-12(16)13(11)17/h3-7H,18H2,1-2H3,(H,19,20). The third-order valence-corrected chi connectivity index (χ3v) is 2.99. The number of nitrogens with one attached hydrogen (secondary N) is 1. The monoisotopic (exact) mass is 276 g/mol. The lowest BCUT2D eigenvalue weighted by atomic mass is 10.1. The molecule has 20 heavy (non-hydrogen) atoms. The van der Waals surface area contributed by atoms with Gasteiger partial charge in [-0.05, 0) is 49.2 Å². The molecular weight excluding hydrogens is 262 g/mol. The molecule has 3 nitrogen and oxygen atoms in total. The summed E-state index contributed by atoms with van der Waals surface area (Å²) in [5, 5.41) is 2.59. The van der Waals surface area contributed by atoms with E-state index in [2.05, 4.69) is 5.32 Å². The maximum atomic E-state index is 13.6. The Kier molecular flexibility index (Phi) is 3.70. The maximum Gasteiger partial charge on any atom is 0.258 e. The lowest BCUT2D eigenvalue weighted by Gasteiger charge is -2.13. The first-order valence-electron chi connectivity index (χ1n) is 6.02. The minimum atomic E-state index is -1.16. The van der Waals surface area contributed by atoms with E-state index in [1.54, 1.807) is 26.0 Å². The highest BCUT2D eigenvalue weighted by molar-refractivity contribution is 6.05. The van der Waals surface area contributed by atoms with E-state index < -0.39 is 17.5 Å². The van der Waals surface area contributed by atoms with Crippen LogP contribution in [0.1, 0.15) is 21.5 Å². The minimum Gasteiger partial charge on any atom is -0.399 e. The molecule has 5 heteroatoms. The summed E-state index contributed by atoms with van der Waals surface area (Å²) in [5.41, 5.74) is 8.00. The van der Waals surface area contributed by atoms with Crippen molar-refractivity contribution >= 4 is 17.3 Å². The molecule has 0 saturated heterocycles. The van der Waals surface area contributed by atoms with Gasteiger partial charge in [-0.3, -0.25) is 4.79 Å². The van der Waals surface area contributed by atoms with Crippen LogP contribution in [-0.4, -0.2) is 5.91 Å². The second kappa shape index (κ2) is 5.28. The van der Waals surface area contributed by atoms with Gasteiger partial charge in [-0.25, -0.2) is 8.78 Å². The highest BCUT2D eigenvalue weighted by atomic mass is 19.2. The molecule has 104 valence electrons. The van der Waals surface area contributed by atoms with Crippen LogP contribution in [0.25, 0.3) is 0 Å². The normalized spacial score (nSPS) is 10.4. The van der Waals surface area contributed by atoms with Crippen molar-refractivity contribution in [3.63, 3.8) is 0 Å². The van der Waals surface area contributed by atoms with Gasteiger partial charge in [-0.2, -0.15) is 0 Å². The summed E-state index contributed by atoms with van der Waals surface area (Å²) in [5.74, 6) is -2.91. The predicted molar refractivity (Wildman–Crippen MR) is 74.6 cm³/mol. The van der Waals surface area contributed by atoms with Gasteiger partial charge in [-0.15, -0.1) is 0 Å². The zero-order chi connectivity index (χ0) is 14.9. The number of aryl methyl sites for hydroxylation is 2. The maximum absolute atomic E-state index is 13.6. The predicted octanol–water partition coefficient (Wildman–Crippen LogP) is 3.42. The molecule has 0 spiro atoms. The molecule has 0 unspecified atom stereocenters. The molecule has 0 aliphatic heterocycles. The molecule has 2 rings (SSSR count). The molecule has 2 aromatic carbocycles. The van der Waals surface area contributed by atoms with Crippen LogP contribution in [0.4, 0.5) is 20.2 Å². The molecule has 0 atom stereocenters. The van der Waals surface area contributed by atoms with E-state index in [9.17, 15) is 13.6 Å². The lowest BCUT2D eigenvalue weighted by molar-refractivity contribution is 0.102. The minimum absolute atomic E-state index is 0.333. The van der Waals surface area contributed by atoms with Gasteiger partial charge >= 0.3 is 0 Å². The number of anilines is 2. The van der Waals surface area contributed by atoms with E-state index in [1.807, 2.05) is 0 Å². The number of hydrogen-bond acceptors (Lipinski definition) is 2. The molecule has 0 saturated carbocycles. The second-order valence-corrected chi connectivity index (χ2v) is 4.59. The van der Waals surface area contributed by atoms with Gasteiger partial charge < -0.3 is 11.1 Å². The number of amides is 1. The summed E-state index contributed by atoms with van der Waals surface area (Å²) in [7, 11) is 0. The molecule has 0 aromatic heterocycles. The Morgan fingerprint density at radius 2 is 1.75 bits per heavy atom. The number of hydrogen-bond donors (Lipinski definition) is 2. The van der Waals surface area contributed by atoms with Gasteiger partial charge in [0.1, 0.15) is 0 Å². The van der Waals surface area contributed by atoms with Crippen LogP contribution in [0.15, 0.2) is 30.3 Å². The summed E-state index contributed by atoms with van der Waals surface area (Å²) in [6, 6.07) is 6.88. The molecule has 0 bridgehead atoms. The molecule has 2 aromatic rings. The summed E-state index contributed by atoms with van der Waals surface area (Å²) < 4.78 is 26.7. The average Bonchev–Trinajstić information content (AvgIpc) is 2.36. The van der Waals surface area contributed by atoms with E-state index >= 15 is 0 Å². The highest BCUT2D eigenvalue weighted by Gasteiger charge is 2.16. The molecule has 0 fully saturated rings. The molecule has 0 aliphatic carbocycles. The van der Waals surface area contributed by atoms with Crippen molar-refractivity contribution in [3.8, 4) is 0 Å². The Morgan fingerprint density at radius 1 is 1.15 bits per heavy atom. The fourth-order valence-corrected chi connectivity index (χ4v) is 2.05. The summed E-state index contributed by atoms with van der Waals surface area (Å²) >= 11 is 0. The van der Waals surface area contributed by atoms with Crippen LogP contribution in [0.5, 0.6) is 0 Å². The first-order valence-corrected chi connectivity index (χ1v) is 6.02. The van der Waals surface area contributed by atoms with Crippen molar-refractivity contribution in [2.24, 2.45) is 0 Å². The van der Waals surface area contributed by atoms with Crippen molar-refractivity contribution in [2.75, 3.05) is 11.1 Å². The van der Waals surface area contributed by atoms with Crippen LogP contribution in [-0.2, 0) is 0 Å². The van der Waals surface area contributed by atoms with Crippen LogP contribution in [0.3, 0.4) is 0 Å². The van der Waals surface area contributed by atoms with Gasteiger partial charge in [0.05, 0.1) is 5.56 Å². The average molecular weight is 276 g/mol. The summed E-state index contributed by atoms with van der Waals surface area (Å²) in [6.45, 7) is 3.56. The Labute approximate surface area is 115 Å². The van der Waals surface area contributed by atoms with Crippen molar-refractivity contribution in [3.05, 3.63) is 58.7 Å². The quantitative estimate of drug-likeness (QED) is 0.826. The van der Waals surface area contributed by atoms with Crippen molar-refractivity contribution < 1.29 is 13.6 Å². The van der Waals surface area contributed by atoms with Crippen LogP contribution in [0, 0.1) is 25.5 Å². The van der Waals surface area contributed by atoms with Gasteiger partial charge in [0.2, 0.25) is 0 Å². The third-order valence-electron chi connectivity index (χ3n) is 2.99. The Hall–Kier alpha value is -2.43. The van der Waals surface area contributed by atoms with Crippen LogP contribution in [0.2, 0.25) is 0 Å². The van der Waals surface area contributed by atoms with E-state index in [0.29, 0.717) is 11.4 Å². The fraction of sp³-hybridized carbons (Fsp3) is 0.133. The molecule has 0 heterocycles.